The van der Waals surface area contributed by atoms with Gasteiger partial charge in [-0.25, -0.2) is 0 Å². The van der Waals surface area contributed by atoms with Crippen molar-refractivity contribution in [3.05, 3.63) is 0 Å². The van der Waals surface area contributed by atoms with Crippen LogP contribution in [0.25, 0.3) is 0 Å². The number of hydrogen-bond donors (Lipinski definition) is 2. The Morgan fingerprint density at radius 1 is 1.46 bits per heavy atom. The molecule has 0 radical (unpaired) electrons. The molecule has 0 saturated carbocycles. The Balaban J connectivity index is 4.02. The Morgan fingerprint density at radius 2 is 2.08 bits per heavy atom. The number of aldehydes is 2. The van der Waals surface area contributed by atoms with E-state index >= 15 is 0 Å². The van der Waals surface area contributed by atoms with Crippen LogP contribution in [-0.4, -0.2) is 36.2 Å². The van der Waals surface area contributed by atoms with E-state index in [1.54, 1.807) is 0 Å². The van der Waals surface area contributed by atoms with E-state index in [9.17, 15) is 14.4 Å². The maximum absolute atomic E-state index is 10.6. The van der Waals surface area contributed by atoms with Gasteiger partial charge in [-0.1, -0.05) is 0 Å². The second-order valence-corrected chi connectivity index (χ2v) is 2.76. The Kier molecular flexibility index (Phi) is 5.71. The van der Waals surface area contributed by atoms with Crippen LogP contribution in [0.2, 0.25) is 0 Å². The van der Waals surface area contributed by atoms with Gasteiger partial charge in [0.15, 0.2) is 0 Å². The molecule has 0 rings (SSSR count). The molecule has 13 heavy (non-hydrogen) atoms. The van der Waals surface area contributed by atoms with Crippen LogP contribution in [0.3, 0.4) is 0 Å². The van der Waals surface area contributed by atoms with Crippen molar-refractivity contribution >= 4 is 18.5 Å². The molecule has 2 atom stereocenters. The maximum Gasteiger partial charge on any atom is 0.217 e. The van der Waals surface area contributed by atoms with Crippen LogP contribution in [0.15, 0.2) is 0 Å². The minimum absolute atomic E-state index is 0.142. The number of nitrogens with one attached hydrogen (secondary N) is 1. The first-order valence-electron chi connectivity index (χ1n) is 3.92. The van der Waals surface area contributed by atoms with E-state index in [2.05, 4.69) is 5.32 Å². The second kappa shape index (κ2) is 6.30. The summed E-state index contributed by atoms with van der Waals surface area (Å²) < 4.78 is 0. The summed E-state index contributed by atoms with van der Waals surface area (Å²) in [5.74, 6) is -0.929. The van der Waals surface area contributed by atoms with E-state index < -0.39 is 12.0 Å². The average Bonchev–Trinajstić information content (AvgIpc) is 2.11. The van der Waals surface area contributed by atoms with Crippen LogP contribution >= 0.6 is 0 Å². The molecule has 1 amide bonds. The highest BCUT2D eigenvalue weighted by Gasteiger charge is 2.15. The van der Waals surface area contributed by atoms with Gasteiger partial charge in [0, 0.05) is 12.8 Å². The fourth-order valence-corrected chi connectivity index (χ4v) is 0.909. The third-order valence-electron chi connectivity index (χ3n) is 1.54. The van der Waals surface area contributed by atoms with E-state index in [0.29, 0.717) is 12.6 Å². The summed E-state index contributed by atoms with van der Waals surface area (Å²) in [5, 5.41) is 11.0. The quantitative estimate of drug-likeness (QED) is 0.516. The molecule has 0 aliphatic rings. The molecule has 0 spiro atoms. The van der Waals surface area contributed by atoms with Crippen LogP contribution < -0.4 is 5.32 Å². The molecule has 0 aromatic carbocycles. The molecule has 2 N–H and O–H groups in total. The third kappa shape index (κ3) is 5.08. The smallest absolute Gasteiger partial charge is 0.217 e. The lowest BCUT2D eigenvalue weighted by atomic mass is 10.0. The number of rotatable bonds is 6. The first-order valence-corrected chi connectivity index (χ1v) is 3.92. The number of amides is 1. The fourth-order valence-electron chi connectivity index (χ4n) is 0.909. The van der Waals surface area contributed by atoms with E-state index in [-0.39, 0.29) is 18.9 Å². The zero-order valence-corrected chi connectivity index (χ0v) is 7.40. The highest BCUT2D eigenvalue weighted by Crippen LogP contribution is 2.01. The predicted octanol–water partition coefficient (Wildman–Crippen LogP) is -1.11. The number of aliphatic hydroxyl groups excluding tert-OH is 1. The number of carbonyl (C=O) groups excluding carboxylic acids is 3. The van der Waals surface area contributed by atoms with E-state index in [4.69, 9.17) is 5.11 Å². The summed E-state index contributed by atoms with van der Waals surface area (Å²) in [5.41, 5.74) is 0. The molecule has 0 saturated heterocycles. The minimum atomic E-state index is -0.695. The summed E-state index contributed by atoms with van der Waals surface area (Å²) >= 11 is 0. The van der Waals surface area contributed by atoms with Gasteiger partial charge in [-0.05, 0) is 6.42 Å². The normalized spacial score (nSPS) is 14.3. The Bertz CT molecular complexity index is 193. The first kappa shape index (κ1) is 11.8. The molecule has 0 heterocycles. The molecular weight excluding hydrogens is 174 g/mol. The number of carbonyl (C=O) groups is 3. The molecule has 0 unspecified atom stereocenters. The van der Waals surface area contributed by atoms with Gasteiger partial charge in [-0.15, -0.1) is 0 Å². The van der Waals surface area contributed by atoms with Gasteiger partial charge in [0.05, 0.1) is 12.6 Å². The molecule has 0 aliphatic carbocycles. The zero-order chi connectivity index (χ0) is 10.3. The van der Waals surface area contributed by atoms with Gasteiger partial charge in [-0.3, -0.25) is 4.79 Å². The Hall–Kier alpha value is -1.23. The Labute approximate surface area is 76.1 Å². The lowest BCUT2D eigenvalue weighted by molar-refractivity contribution is -0.123. The lowest BCUT2D eigenvalue weighted by Crippen LogP contribution is -2.36. The van der Waals surface area contributed by atoms with Crippen molar-refractivity contribution in [3.8, 4) is 0 Å². The summed E-state index contributed by atoms with van der Waals surface area (Å²) in [6.45, 7) is 0.971. The van der Waals surface area contributed by atoms with Gasteiger partial charge in [0.2, 0.25) is 5.91 Å². The monoisotopic (exact) mass is 187 g/mol. The lowest BCUT2D eigenvalue weighted by Gasteiger charge is -2.13. The van der Waals surface area contributed by atoms with Crippen LogP contribution in [0.4, 0.5) is 0 Å². The summed E-state index contributed by atoms with van der Waals surface area (Å²) in [7, 11) is 0. The van der Waals surface area contributed by atoms with Crippen molar-refractivity contribution in [1.82, 2.24) is 5.32 Å². The van der Waals surface area contributed by atoms with Crippen LogP contribution in [0.1, 0.15) is 13.3 Å². The van der Waals surface area contributed by atoms with Crippen LogP contribution in [0.5, 0.6) is 0 Å². The first-order chi connectivity index (χ1) is 6.13. The van der Waals surface area contributed by atoms with Gasteiger partial charge < -0.3 is 20.0 Å². The van der Waals surface area contributed by atoms with Crippen LogP contribution in [-0.2, 0) is 14.4 Å². The highest BCUT2D eigenvalue weighted by atomic mass is 16.3. The van der Waals surface area contributed by atoms with Gasteiger partial charge in [0.25, 0.3) is 0 Å². The topological polar surface area (TPSA) is 83.5 Å². The average molecular weight is 187 g/mol. The highest BCUT2D eigenvalue weighted by molar-refractivity contribution is 5.77. The molecular formula is C8H13NO4. The van der Waals surface area contributed by atoms with Gasteiger partial charge >= 0.3 is 0 Å². The second-order valence-electron chi connectivity index (χ2n) is 2.76. The summed E-state index contributed by atoms with van der Waals surface area (Å²) in [6, 6.07) is -0.695. The fraction of sp³-hybridized carbons (Fsp3) is 0.625. The molecule has 0 aromatic heterocycles. The standard InChI is InChI=1S/C8H13NO4/c1-6(13)9-8(5-12)2-7(3-10)4-11/h3,5,7-8,11H,2,4H2,1H3,(H,9,13)/t7-,8-/m0/s1. The molecule has 0 fully saturated rings. The molecule has 5 heteroatoms. The van der Waals surface area contributed by atoms with E-state index in [1.165, 1.54) is 6.92 Å². The summed E-state index contributed by atoms with van der Waals surface area (Å²) in [4.78, 5) is 31.2. The van der Waals surface area contributed by atoms with E-state index in [1.807, 2.05) is 0 Å². The molecule has 0 aliphatic heterocycles. The van der Waals surface area contributed by atoms with Gasteiger partial charge in [-0.2, -0.15) is 0 Å². The molecule has 74 valence electrons. The largest absolute Gasteiger partial charge is 0.396 e. The Morgan fingerprint density at radius 3 is 2.38 bits per heavy atom. The van der Waals surface area contributed by atoms with Crippen molar-refractivity contribution in [3.63, 3.8) is 0 Å². The van der Waals surface area contributed by atoms with Crippen molar-refractivity contribution in [2.75, 3.05) is 6.61 Å². The van der Waals surface area contributed by atoms with Crippen molar-refractivity contribution in [1.29, 1.82) is 0 Å². The van der Waals surface area contributed by atoms with E-state index in [0.717, 1.165) is 0 Å². The molecule has 5 nitrogen and oxygen atoms in total. The van der Waals surface area contributed by atoms with Crippen molar-refractivity contribution < 1.29 is 19.5 Å². The van der Waals surface area contributed by atoms with Crippen molar-refractivity contribution in [2.24, 2.45) is 5.92 Å². The molecule has 0 aromatic rings. The summed E-state index contributed by atoms with van der Waals surface area (Å²) in [6.07, 6.45) is 1.26. The number of aliphatic hydroxyl groups is 1. The predicted molar refractivity (Wildman–Crippen MR) is 44.9 cm³/mol. The molecule has 0 bridgehead atoms. The number of hydrogen-bond acceptors (Lipinski definition) is 4. The minimum Gasteiger partial charge on any atom is -0.396 e. The maximum atomic E-state index is 10.6. The zero-order valence-electron chi connectivity index (χ0n) is 7.40. The third-order valence-corrected chi connectivity index (χ3v) is 1.54. The van der Waals surface area contributed by atoms with Gasteiger partial charge in [0.1, 0.15) is 12.6 Å². The SMILES string of the molecule is CC(=O)N[C@H](C=O)C[C@@H](C=O)CO. The van der Waals surface area contributed by atoms with Crippen molar-refractivity contribution in [2.45, 2.75) is 19.4 Å². The van der Waals surface area contributed by atoms with Crippen LogP contribution in [0, 0.1) is 5.92 Å².